The lowest BCUT2D eigenvalue weighted by Gasteiger charge is -2.28. The second-order valence-corrected chi connectivity index (χ2v) is 12.4. The summed E-state index contributed by atoms with van der Waals surface area (Å²) in [6.45, 7) is 2.23. The molecule has 0 spiro atoms. The van der Waals surface area contributed by atoms with Crippen LogP contribution in [0.3, 0.4) is 0 Å². The van der Waals surface area contributed by atoms with E-state index in [1.54, 1.807) is 36.4 Å². The summed E-state index contributed by atoms with van der Waals surface area (Å²) < 4.78 is 37.6. The summed E-state index contributed by atoms with van der Waals surface area (Å²) >= 11 is 18.7. The highest BCUT2D eigenvalue weighted by Gasteiger charge is 2.17. The Labute approximate surface area is 259 Å². The highest BCUT2D eigenvalue weighted by atomic mass is 35.5. The van der Waals surface area contributed by atoms with E-state index in [9.17, 15) is 13.2 Å². The highest BCUT2D eigenvalue weighted by molar-refractivity contribution is 7.92. The molecule has 2 N–H and O–H groups in total. The second-order valence-electron chi connectivity index (χ2n) is 9.44. The molecule has 0 unspecified atom stereocenters. The molecule has 4 aromatic carbocycles. The molecule has 42 heavy (non-hydrogen) atoms. The first-order valence-electron chi connectivity index (χ1n) is 12.5. The van der Waals surface area contributed by atoms with Crippen LogP contribution in [0, 0.1) is 6.92 Å². The van der Waals surface area contributed by atoms with Crippen molar-refractivity contribution in [3.05, 3.63) is 111 Å². The third-order valence-corrected chi connectivity index (χ3v) is 7.59. The molecule has 0 saturated heterocycles. The second kappa shape index (κ2) is 13.6. The molecule has 0 aliphatic rings. The summed E-state index contributed by atoms with van der Waals surface area (Å²) in [7, 11) is -3.47. The number of sulfonamides is 1. The average molecular weight is 650 g/mol. The number of hydrogen-bond donors (Lipinski definition) is 2. The minimum Gasteiger partial charge on any atom is -0.480 e. The first-order chi connectivity index (χ1) is 19.9. The molecular formula is C30H27Cl3N2O6S. The van der Waals surface area contributed by atoms with Gasteiger partial charge in [0.2, 0.25) is 10.0 Å². The van der Waals surface area contributed by atoms with Crippen molar-refractivity contribution in [1.82, 2.24) is 0 Å². The zero-order valence-corrected chi connectivity index (χ0v) is 25.7. The number of carboxylic acid groups (broad SMARTS) is 1. The number of rotatable bonds is 12. The molecule has 0 fully saturated rings. The van der Waals surface area contributed by atoms with Crippen LogP contribution in [-0.2, 0) is 27.9 Å². The maximum absolute atomic E-state index is 11.9. The molecule has 0 aliphatic carbocycles. The fourth-order valence-electron chi connectivity index (χ4n) is 4.17. The standard InChI is InChI=1S/C30H27Cl3N2O6S/c1-19-27(34-42(2,38)39)4-3-5-28(19)35(17-21-8-9-22(31)14-26(21)33)16-20-6-10-23(11-7-20)41-24-12-13-25(32)29(15-24)40-18-30(36)37/h3-15,34H,16-18H2,1-2H3,(H,36,37). The Bertz CT molecular complexity index is 1700. The van der Waals surface area contributed by atoms with Crippen molar-refractivity contribution in [3.8, 4) is 17.2 Å². The molecule has 0 bridgehead atoms. The van der Waals surface area contributed by atoms with E-state index < -0.39 is 22.6 Å². The predicted molar refractivity (Wildman–Crippen MR) is 167 cm³/mol. The summed E-state index contributed by atoms with van der Waals surface area (Å²) in [4.78, 5) is 12.9. The lowest BCUT2D eigenvalue weighted by molar-refractivity contribution is -0.139. The molecule has 220 valence electrons. The maximum Gasteiger partial charge on any atom is 0.341 e. The van der Waals surface area contributed by atoms with E-state index in [0.29, 0.717) is 40.3 Å². The van der Waals surface area contributed by atoms with E-state index >= 15 is 0 Å². The van der Waals surface area contributed by atoms with Crippen LogP contribution in [0.15, 0.2) is 78.9 Å². The Kier molecular flexibility index (Phi) is 10.1. The van der Waals surface area contributed by atoms with Gasteiger partial charge in [0.05, 0.1) is 17.0 Å². The average Bonchev–Trinajstić information content (AvgIpc) is 2.91. The van der Waals surface area contributed by atoms with Gasteiger partial charge in [0, 0.05) is 34.9 Å². The van der Waals surface area contributed by atoms with Crippen LogP contribution in [0.25, 0.3) is 0 Å². The van der Waals surface area contributed by atoms with Crippen LogP contribution in [0.2, 0.25) is 15.1 Å². The zero-order chi connectivity index (χ0) is 30.4. The van der Waals surface area contributed by atoms with Gasteiger partial charge >= 0.3 is 5.97 Å². The monoisotopic (exact) mass is 648 g/mol. The van der Waals surface area contributed by atoms with Gasteiger partial charge in [-0.2, -0.15) is 0 Å². The van der Waals surface area contributed by atoms with Crippen molar-refractivity contribution in [1.29, 1.82) is 0 Å². The lowest BCUT2D eigenvalue weighted by atomic mass is 10.1. The molecule has 12 heteroatoms. The van der Waals surface area contributed by atoms with Crippen molar-refractivity contribution < 1.29 is 27.8 Å². The quantitative estimate of drug-likeness (QED) is 0.161. The van der Waals surface area contributed by atoms with Crippen molar-refractivity contribution in [2.45, 2.75) is 20.0 Å². The zero-order valence-electron chi connectivity index (χ0n) is 22.6. The third-order valence-electron chi connectivity index (χ3n) is 6.10. The van der Waals surface area contributed by atoms with E-state index in [2.05, 4.69) is 9.62 Å². The summed E-state index contributed by atoms with van der Waals surface area (Å²) in [5.74, 6) is 0.0621. The molecule has 0 aliphatic heterocycles. The van der Waals surface area contributed by atoms with Gasteiger partial charge in [-0.25, -0.2) is 13.2 Å². The van der Waals surface area contributed by atoms with Crippen molar-refractivity contribution >= 4 is 62.2 Å². The number of carbonyl (C=O) groups is 1. The van der Waals surface area contributed by atoms with Crippen LogP contribution < -0.4 is 19.1 Å². The summed E-state index contributed by atoms with van der Waals surface area (Å²) in [6, 6.07) is 23.0. The number of aliphatic carboxylic acids is 1. The minimum absolute atomic E-state index is 0.202. The summed E-state index contributed by atoms with van der Waals surface area (Å²) in [5, 5.41) is 10.2. The SMILES string of the molecule is Cc1c(NS(C)(=O)=O)cccc1N(Cc1ccc(Oc2ccc(Cl)c(OCC(=O)O)c2)cc1)Cc1ccc(Cl)cc1Cl. The first-order valence-corrected chi connectivity index (χ1v) is 15.6. The number of halogens is 3. The van der Waals surface area contributed by atoms with Gasteiger partial charge in [-0.1, -0.05) is 59.1 Å². The Balaban J connectivity index is 1.59. The summed E-state index contributed by atoms with van der Waals surface area (Å²) in [6.07, 6.45) is 1.11. The van der Waals surface area contributed by atoms with Gasteiger partial charge in [-0.3, -0.25) is 4.72 Å². The first kappa shape index (κ1) is 31.3. The van der Waals surface area contributed by atoms with E-state index in [1.807, 2.05) is 43.3 Å². The van der Waals surface area contributed by atoms with E-state index in [-0.39, 0.29) is 10.8 Å². The molecule has 8 nitrogen and oxygen atoms in total. The molecule has 0 heterocycles. The Morgan fingerprint density at radius 2 is 1.62 bits per heavy atom. The van der Waals surface area contributed by atoms with Crippen LogP contribution >= 0.6 is 34.8 Å². The summed E-state index contributed by atoms with van der Waals surface area (Å²) in [5.41, 5.74) is 3.88. The third kappa shape index (κ3) is 8.69. The van der Waals surface area contributed by atoms with Crippen molar-refractivity contribution in [3.63, 3.8) is 0 Å². The Morgan fingerprint density at radius 3 is 2.29 bits per heavy atom. The van der Waals surface area contributed by atoms with E-state index in [0.717, 1.165) is 28.6 Å². The Morgan fingerprint density at radius 1 is 0.905 bits per heavy atom. The van der Waals surface area contributed by atoms with Crippen LogP contribution in [0.5, 0.6) is 17.2 Å². The van der Waals surface area contributed by atoms with Crippen molar-refractivity contribution in [2.24, 2.45) is 0 Å². The van der Waals surface area contributed by atoms with Gasteiger partial charge in [-0.05, 0) is 72.1 Å². The number of nitrogens with zero attached hydrogens (tertiary/aromatic N) is 1. The number of hydrogen-bond acceptors (Lipinski definition) is 6. The maximum atomic E-state index is 11.9. The smallest absolute Gasteiger partial charge is 0.341 e. The van der Waals surface area contributed by atoms with E-state index in [1.165, 1.54) is 6.07 Å². The molecule has 4 aromatic rings. The number of nitrogens with one attached hydrogen (secondary N) is 1. The molecule has 0 amide bonds. The number of carboxylic acids is 1. The van der Waals surface area contributed by atoms with E-state index in [4.69, 9.17) is 49.4 Å². The topological polar surface area (TPSA) is 105 Å². The number of benzene rings is 4. The van der Waals surface area contributed by atoms with Gasteiger partial charge in [-0.15, -0.1) is 0 Å². The molecule has 0 radical (unpaired) electrons. The van der Waals surface area contributed by atoms with Gasteiger partial charge < -0.3 is 19.5 Å². The lowest BCUT2D eigenvalue weighted by Crippen LogP contribution is -2.24. The van der Waals surface area contributed by atoms with Crippen LogP contribution in [0.4, 0.5) is 11.4 Å². The molecule has 4 rings (SSSR count). The van der Waals surface area contributed by atoms with Crippen LogP contribution in [0.1, 0.15) is 16.7 Å². The largest absolute Gasteiger partial charge is 0.480 e. The molecule has 0 aromatic heterocycles. The fourth-order valence-corrected chi connectivity index (χ4v) is 5.44. The van der Waals surface area contributed by atoms with Gasteiger partial charge in [0.25, 0.3) is 0 Å². The molecule has 0 saturated carbocycles. The number of anilines is 2. The minimum atomic E-state index is -3.47. The van der Waals surface area contributed by atoms with Gasteiger partial charge in [0.1, 0.15) is 17.2 Å². The Hall–Kier alpha value is -3.63. The van der Waals surface area contributed by atoms with Crippen LogP contribution in [-0.4, -0.2) is 32.4 Å². The highest BCUT2D eigenvalue weighted by Crippen LogP contribution is 2.34. The number of ether oxygens (including phenoxy) is 2. The molecule has 0 atom stereocenters. The molecular weight excluding hydrogens is 623 g/mol. The predicted octanol–water partition coefficient (Wildman–Crippen LogP) is 7.79. The van der Waals surface area contributed by atoms with Crippen molar-refractivity contribution in [2.75, 3.05) is 22.5 Å². The van der Waals surface area contributed by atoms with Gasteiger partial charge in [0.15, 0.2) is 6.61 Å². The fraction of sp³-hybridized carbons (Fsp3) is 0.167. The normalized spacial score (nSPS) is 11.2.